The first-order valence-electron chi connectivity index (χ1n) is 11.0. The molecule has 1 N–H and O–H groups in total. The van der Waals surface area contributed by atoms with Crippen molar-refractivity contribution in [1.29, 1.82) is 0 Å². The van der Waals surface area contributed by atoms with Gasteiger partial charge in [-0.25, -0.2) is 4.98 Å². The van der Waals surface area contributed by atoms with Crippen LogP contribution in [0.15, 0.2) is 53.7 Å². The molecule has 0 saturated carbocycles. The van der Waals surface area contributed by atoms with Crippen LogP contribution in [0.25, 0.3) is 0 Å². The molecular formula is C24H33N5O. The van der Waals surface area contributed by atoms with Crippen LogP contribution in [0.2, 0.25) is 0 Å². The van der Waals surface area contributed by atoms with Crippen molar-refractivity contribution in [1.82, 2.24) is 20.1 Å². The van der Waals surface area contributed by atoms with Crippen molar-refractivity contribution in [3.8, 4) is 5.88 Å². The van der Waals surface area contributed by atoms with E-state index >= 15 is 0 Å². The zero-order valence-corrected chi connectivity index (χ0v) is 18.1. The lowest BCUT2D eigenvalue weighted by molar-refractivity contribution is 0.0372. The number of ether oxygens (including phenoxy) is 1. The Morgan fingerprint density at radius 3 is 2.83 bits per heavy atom. The molecule has 1 aromatic carbocycles. The summed E-state index contributed by atoms with van der Waals surface area (Å²) in [6, 6.07) is 15.5. The number of rotatable bonds is 5. The van der Waals surface area contributed by atoms with Crippen molar-refractivity contribution in [2.75, 3.05) is 33.8 Å². The van der Waals surface area contributed by atoms with E-state index < -0.39 is 0 Å². The van der Waals surface area contributed by atoms with Crippen LogP contribution in [0, 0.1) is 5.92 Å². The third-order valence-electron chi connectivity index (χ3n) is 6.38. The number of pyridine rings is 1. The van der Waals surface area contributed by atoms with Crippen molar-refractivity contribution in [3.63, 3.8) is 0 Å². The summed E-state index contributed by atoms with van der Waals surface area (Å²) in [6.45, 7) is 5.13. The number of nitrogens with zero attached hydrogens (tertiary/aromatic N) is 4. The lowest BCUT2D eigenvalue weighted by atomic mass is 9.83. The number of nitrogens with one attached hydrogen (secondary N) is 1. The molecule has 6 nitrogen and oxygen atoms in total. The minimum absolute atomic E-state index is 0.644. The highest BCUT2D eigenvalue weighted by Crippen LogP contribution is 2.31. The quantitative estimate of drug-likeness (QED) is 0.610. The zero-order chi connectivity index (χ0) is 20.8. The molecule has 0 spiro atoms. The fraction of sp³-hybridized carbons (Fsp3) is 0.500. The molecule has 2 aromatic rings. The van der Waals surface area contributed by atoms with E-state index in [1.165, 1.54) is 31.4 Å². The van der Waals surface area contributed by atoms with Crippen LogP contribution >= 0.6 is 0 Å². The smallest absolute Gasteiger partial charge is 0.213 e. The molecule has 0 amide bonds. The lowest BCUT2D eigenvalue weighted by Crippen LogP contribution is -2.56. The lowest BCUT2D eigenvalue weighted by Gasteiger charge is -2.48. The molecule has 30 heavy (non-hydrogen) atoms. The fourth-order valence-electron chi connectivity index (χ4n) is 4.90. The van der Waals surface area contributed by atoms with Gasteiger partial charge in [0.05, 0.1) is 7.11 Å². The van der Waals surface area contributed by atoms with E-state index in [0.717, 1.165) is 37.7 Å². The molecule has 1 aromatic heterocycles. The molecule has 0 aliphatic carbocycles. The second-order valence-electron chi connectivity index (χ2n) is 8.27. The van der Waals surface area contributed by atoms with E-state index in [1.54, 1.807) is 13.3 Å². The van der Waals surface area contributed by atoms with Gasteiger partial charge >= 0.3 is 0 Å². The van der Waals surface area contributed by atoms with E-state index in [2.05, 4.69) is 55.4 Å². The normalized spacial score (nSPS) is 22.5. The summed E-state index contributed by atoms with van der Waals surface area (Å²) >= 11 is 0. The fourth-order valence-corrected chi connectivity index (χ4v) is 4.90. The number of aliphatic imine (C=N–C) groups is 1. The topological polar surface area (TPSA) is 53.0 Å². The predicted molar refractivity (Wildman–Crippen MR) is 121 cm³/mol. The van der Waals surface area contributed by atoms with Gasteiger partial charge in [-0.15, -0.1) is 0 Å². The molecule has 0 radical (unpaired) electrons. The number of hydrogen-bond acceptors (Lipinski definition) is 4. The summed E-state index contributed by atoms with van der Waals surface area (Å²) in [4.78, 5) is 13.9. The average molecular weight is 408 g/mol. The molecule has 2 saturated heterocycles. The van der Waals surface area contributed by atoms with E-state index in [4.69, 9.17) is 4.74 Å². The number of methoxy groups -OCH3 is 1. The summed E-state index contributed by atoms with van der Waals surface area (Å²) in [5, 5.41) is 3.53. The summed E-state index contributed by atoms with van der Waals surface area (Å²) in [5.74, 6) is 2.34. The molecule has 3 heterocycles. The van der Waals surface area contributed by atoms with Crippen LogP contribution in [-0.2, 0) is 13.1 Å². The molecule has 2 aliphatic rings. The number of hydrogen-bond donors (Lipinski definition) is 1. The van der Waals surface area contributed by atoms with Gasteiger partial charge in [0.15, 0.2) is 5.96 Å². The second-order valence-corrected chi connectivity index (χ2v) is 8.27. The predicted octanol–water partition coefficient (Wildman–Crippen LogP) is 3.15. The Bertz CT molecular complexity index is 840. The zero-order valence-electron chi connectivity index (χ0n) is 18.1. The van der Waals surface area contributed by atoms with Gasteiger partial charge in [0.1, 0.15) is 0 Å². The maximum atomic E-state index is 5.23. The number of fused-ring (bicyclic) bond motifs is 1. The van der Waals surface area contributed by atoms with Crippen molar-refractivity contribution >= 4 is 5.96 Å². The van der Waals surface area contributed by atoms with Gasteiger partial charge in [0.2, 0.25) is 5.88 Å². The maximum Gasteiger partial charge on any atom is 0.213 e. The molecule has 160 valence electrons. The largest absolute Gasteiger partial charge is 0.481 e. The van der Waals surface area contributed by atoms with Gasteiger partial charge in [0, 0.05) is 51.5 Å². The molecular weight excluding hydrogens is 374 g/mol. The summed E-state index contributed by atoms with van der Waals surface area (Å²) in [6.07, 6.45) is 5.57. The Morgan fingerprint density at radius 1 is 1.17 bits per heavy atom. The van der Waals surface area contributed by atoms with Crippen LogP contribution in [0.3, 0.4) is 0 Å². The third-order valence-corrected chi connectivity index (χ3v) is 6.38. The molecule has 4 rings (SSSR count). The minimum atomic E-state index is 0.644. The first-order valence-corrected chi connectivity index (χ1v) is 11.0. The summed E-state index contributed by atoms with van der Waals surface area (Å²) < 4.78 is 5.23. The number of guanidine groups is 1. The number of likely N-dealkylation sites (tertiary alicyclic amines) is 2. The van der Waals surface area contributed by atoms with E-state index in [9.17, 15) is 0 Å². The molecule has 2 fully saturated rings. The Balaban J connectivity index is 1.35. The Morgan fingerprint density at radius 2 is 2.03 bits per heavy atom. The highest BCUT2D eigenvalue weighted by atomic mass is 16.5. The highest BCUT2D eigenvalue weighted by molar-refractivity contribution is 5.80. The van der Waals surface area contributed by atoms with E-state index in [1.807, 2.05) is 19.2 Å². The molecule has 6 heteroatoms. The van der Waals surface area contributed by atoms with Crippen LogP contribution in [0.4, 0.5) is 0 Å². The highest BCUT2D eigenvalue weighted by Gasteiger charge is 2.36. The third kappa shape index (κ3) is 4.93. The minimum Gasteiger partial charge on any atom is -0.481 e. The van der Waals surface area contributed by atoms with Crippen LogP contribution < -0.4 is 10.1 Å². The van der Waals surface area contributed by atoms with E-state index in [0.29, 0.717) is 17.8 Å². The van der Waals surface area contributed by atoms with Gasteiger partial charge in [-0.1, -0.05) is 30.3 Å². The summed E-state index contributed by atoms with van der Waals surface area (Å²) in [7, 11) is 3.53. The Hall–Kier alpha value is -2.60. The Labute approximate surface area is 180 Å². The van der Waals surface area contributed by atoms with Crippen LogP contribution in [0.1, 0.15) is 30.4 Å². The molecule has 2 atom stereocenters. The van der Waals surface area contributed by atoms with Gasteiger partial charge < -0.3 is 15.0 Å². The first kappa shape index (κ1) is 20.7. The molecule has 0 bridgehead atoms. The van der Waals surface area contributed by atoms with Crippen molar-refractivity contribution in [2.45, 2.75) is 38.4 Å². The number of benzene rings is 1. The van der Waals surface area contributed by atoms with Crippen molar-refractivity contribution in [2.24, 2.45) is 10.9 Å². The van der Waals surface area contributed by atoms with Gasteiger partial charge in [-0.3, -0.25) is 9.89 Å². The second kappa shape index (κ2) is 9.94. The van der Waals surface area contributed by atoms with Crippen molar-refractivity contribution < 1.29 is 4.74 Å². The first-order chi connectivity index (χ1) is 14.8. The average Bonchev–Trinajstić information content (AvgIpc) is 2.80. The number of aromatic nitrogens is 1. The summed E-state index contributed by atoms with van der Waals surface area (Å²) in [5.41, 5.74) is 2.57. The Kier molecular flexibility index (Phi) is 6.84. The van der Waals surface area contributed by atoms with E-state index in [-0.39, 0.29) is 0 Å². The SMILES string of the molecule is CN=C(NCc1ccnc(OC)c1)N1CCC2C(CCCN2Cc2ccccc2)C1. The van der Waals surface area contributed by atoms with Crippen LogP contribution in [-0.4, -0.2) is 60.6 Å². The van der Waals surface area contributed by atoms with Gasteiger partial charge in [-0.2, -0.15) is 0 Å². The molecule has 2 aliphatic heterocycles. The van der Waals surface area contributed by atoms with Gasteiger partial charge in [0.25, 0.3) is 0 Å². The molecule has 2 unspecified atom stereocenters. The van der Waals surface area contributed by atoms with Crippen molar-refractivity contribution in [3.05, 3.63) is 59.8 Å². The standard InChI is InChI=1S/C24H33N5O/c1-25-24(27-16-20-10-12-26-23(15-20)30-2)29-14-11-22-21(18-29)9-6-13-28(22)17-19-7-4-3-5-8-19/h3-5,7-8,10,12,15,21-22H,6,9,11,13-14,16-18H2,1-2H3,(H,25,27). The monoisotopic (exact) mass is 407 g/mol. The maximum absolute atomic E-state index is 5.23. The van der Waals surface area contributed by atoms with Gasteiger partial charge in [-0.05, 0) is 48.9 Å². The van der Waals surface area contributed by atoms with Crippen LogP contribution in [0.5, 0.6) is 5.88 Å². The number of piperidine rings is 2.